The standard InChI is InChI=1S/C18H17F3N4O/c1-9-4-3-5-11(6-9)15-14-12(7-10(2)8-13(14)26)22-17-23-16(18(19,20)21)24-25(15)17/h3-6,10,15H,7-8H2,1-2H3,(H,22,23,24). The molecule has 2 aromatic rings. The zero-order valence-electron chi connectivity index (χ0n) is 14.3. The van der Waals surface area contributed by atoms with Crippen molar-refractivity contribution in [3.8, 4) is 0 Å². The second-order valence-electron chi connectivity index (χ2n) is 6.97. The summed E-state index contributed by atoms with van der Waals surface area (Å²) >= 11 is 0. The van der Waals surface area contributed by atoms with Gasteiger partial charge >= 0.3 is 6.18 Å². The first-order valence-corrected chi connectivity index (χ1v) is 8.37. The van der Waals surface area contributed by atoms with E-state index in [1.165, 1.54) is 4.68 Å². The summed E-state index contributed by atoms with van der Waals surface area (Å²) in [6, 6.07) is 6.69. The van der Waals surface area contributed by atoms with Gasteiger partial charge < -0.3 is 5.32 Å². The molecule has 0 spiro atoms. The second kappa shape index (κ2) is 5.69. The molecule has 4 rings (SSSR count). The summed E-state index contributed by atoms with van der Waals surface area (Å²) in [5, 5.41) is 6.60. The number of fused-ring (bicyclic) bond motifs is 1. The smallest absolute Gasteiger partial charge is 0.328 e. The van der Waals surface area contributed by atoms with Gasteiger partial charge in [-0.3, -0.25) is 4.79 Å². The molecule has 2 aliphatic rings. The van der Waals surface area contributed by atoms with Crippen LogP contribution in [-0.4, -0.2) is 20.5 Å². The zero-order chi connectivity index (χ0) is 18.6. The van der Waals surface area contributed by atoms with Gasteiger partial charge in [0.2, 0.25) is 5.95 Å². The first kappa shape index (κ1) is 16.8. The summed E-state index contributed by atoms with van der Waals surface area (Å²) in [7, 11) is 0. The number of ketones is 1. The highest BCUT2D eigenvalue weighted by Gasteiger charge is 2.42. The van der Waals surface area contributed by atoms with Crippen molar-refractivity contribution in [2.45, 2.75) is 38.9 Å². The van der Waals surface area contributed by atoms with Crippen LogP contribution in [0.1, 0.15) is 42.8 Å². The Morgan fingerprint density at radius 3 is 2.73 bits per heavy atom. The Morgan fingerprint density at radius 1 is 1.27 bits per heavy atom. The third kappa shape index (κ3) is 2.69. The highest BCUT2D eigenvalue weighted by Crippen LogP contribution is 2.42. The average Bonchev–Trinajstić information content (AvgIpc) is 2.96. The maximum absolute atomic E-state index is 13.1. The van der Waals surface area contributed by atoms with E-state index in [2.05, 4.69) is 15.4 Å². The van der Waals surface area contributed by atoms with Gasteiger partial charge in [0.1, 0.15) is 6.04 Å². The fourth-order valence-corrected chi connectivity index (χ4v) is 3.68. The van der Waals surface area contributed by atoms with Gasteiger partial charge in [-0.25, -0.2) is 4.68 Å². The van der Waals surface area contributed by atoms with Crippen LogP contribution in [0.15, 0.2) is 35.5 Å². The van der Waals surface area contributed by atoms with Crippen molar-refractivity contribution in [3.63, 3.8) is 0 Å². The molecule has 0 fully saturated rings. The van der Waals surface area contributed by atoms with Gasteiger partial charge in [-0.2, -0.15) is 18.2 Å². The number of Topliss-reactive ketones (excluding diaryl/α,β-unsaturated/α-hetero) is 1. The molecule has 0 saturated carbocycles. The lowest BCUT2D eigenvalue weighted by Crippen LogP contribution is -2.33. The van der Waals surface area contributed by atoms with E-state index >= 15 is 0 Å². The first-order valence-electron chi connectivity index (χ1n) is 8.37. The monoisotopic (exact) mass is 362 g/mol. The van der Waals surface area contributed by atoms with Crippen LogP contribution in [0.5, 0.6) is 0 Å². The highest BCUT2D eigenvalue weighted by atomic mass is 19.4. The molecule has 5 nitrogen and oxygen atoms in total. The van der Waals surface area contributed by atoms with E-state index in [1.54, 1.807) is 6.07 Å². The van der Waals surface area contributed by atoms with Gasteiger partial charge in [0.25, 0.3) is 5.82 Å². The van der Waals surface area contributed by atoms with E-state index < -0.39 is 18.0 Å². The van der Waals surface area contributed by atoms with E-state index in [9.17, 15) is 18.0 Å². The predicted octanol–water partition coefficient (Wildman–Crippen LogP) is 3.87. The molecule has 2 heterocycles. The van der Waals surface area contributed by atoms with Crippen molar-refractivity contribution in [1.29, 1.82) is 0 Å². The molecule has 0 saturated heterocycles. The van der Waals surface area contributed by atoms with Crippen LogP contribution < -0.4 is 5.32 Å². The number of hydrogen-bond acceptors (Lipinski definition) is 4. The largest absolute Gasteiger partial charge is 0.453 e. The number of carbonyl (C=O) groups is 1. The average molecular weight is 362 g/mol. The van der Waals surface area contributed by atoms with Gasteiger partial charge in [0.15, 0.2) is 5.78 Å². The third-order valence-corrected chi connectivity index (χ3v) is 4.74. The third-order valence-electron chi connectivity index (χ3n) is 4.74. The maximum atomic E-state index is 13.1. The molecular formula is C18H17F3N4O. The van der Waals surface area contributed by atoms with Gasteiger partial charge in [0, 0.05) is 17.7 Å². The zero-order valence-corrected chi connectivity index (χ0v) is 14.3. The Balaban J connectivity index is 1.92. The molecule has 1 aromatic carbocycles. The van der Waals surface area contributed by atoms with Gasteiger partial charge in [0.05, 0.1) is 0 Å². The van der Waals surface area contributed by atoms with Crippen molar-refractivity contribution in [3.05, 3.63) is 52.5 Å². The number of aromatic nitrogens is 3. The minimum absolute atomic E-state index is 0.0180. The van der Waals surface area contributed by atoms with Crippen molar-refractivity contribution >= 4 is 11.7 Å². The van der Waals surface area contributed by atoms with E-state index in [0.29, 0.717) is 24.1 Å². The van der Waals surface area contributed by atoms with Crippen LogP contribution in [0.3, 0.4) is 0 Å². The molecule has 0 amide bonds. The number of anilines is 1. The summed E-state index contributed by atoms with van der Waals surface area (Å²) in [5.74, 6) is -1.13. The molecule has 1 aliphatic heterocycles. The van der Waals surface area contributed by atoms with Crippen LogP contribution in [0.2, 0.25) is 0 Å². The number of carbonyl (C=O) groups excluding carboxylic acids is 1. The van der Waals surface area contributed by atoms with Crippen molar-refractivity contribution in [1.82, 2.24) is 14.8 Å². The van der Waals surface area contributed by atoms with Gasteiger partial charge in [-0.15, -0.1) is 5.10 Å². The number of rotatable bonds is 1. The topological polar surface area (TPSA) is 59.8 Å². The Labute approximate surface area is 147 Å². The van der Waals surface area contributed by atoms with E-state index in [-0.39, 0.29) is 17.6 Å². The van der Waals surface area contributed by atoms with E-state index in [4.69, 9.17) is 0 Å². The van der Waals surface area contributed by atoms with Gasteiger partial charge in [-0.05, 0) is 24.8 Å². The molecule has 1 aromatic heterocycles. The van der Waals surface area contributed by atoms with Crippen molar-refractivity contribution in [2.24, 2.45) is 5.92 Å². The Hall–Kier alpha value is -2.64. The molecule has 2 atom stereocenters. The highest BCUT2D eigenvalue weighted by molar-refractivity contribution is 5.99. The molecule has 1 N–H and O–H groups in total. The van der Waals surface area contributed by atoms with Gasteiger partial charge in [-0.1, -0.05) is 36.8 Å². The molecule has 1 aliphatic carbocycles. The summed E-state index contributed by atoms with van der Waals surface area (Å²) < 4.78 is 40.6. The lowest BCUT2D eigenvalue weighted by atomic mass is 9.81. The SMILES string of the molecule is Cc1cccc(C2C3=C(CC(C)CC3=O)Nc3nc(C(F)(F)F)nn32)c1. The summed E-state index contributed by atoms with van der Waals surface area (Å²) in [4.78, 5) is 16.4. The first-order chi connectivity index (χ1) is 12.2. The van der Waals surface area contributed by atoms with Crippen LogP contribution in [0.4, 0.5) is 19.1 Å². The quantitative estimate of drug-likeness (QED) is 0.837. The van der Waals surface area contributed by atoms with Crippen molar-refractivity contribution < 1.29 is 18.0 Å². The number of nitrogens with one attached hydrogen (secondary N) is 1. The Bertz CT molecular complexity index is 929. The molecule has 0 radical (unpaired) electrons. The lowest BCUT2D eigenvalue weighted by Gasteiger charge is -2.34. The number of hydrogen-bond donors (Lipinski definition) is 1. The molecule has 26 heavy (non-hydrogen) atoms. The number of nitrogens with zero attached hydrogens (tertiary/aromatic N) is 3. The minimum atomic E-state index is -4.65. The number of alkyl halides is 3. The molecule has 2 unspecified atom stereocenters. The normalized spacial score (nSPS) is 22.7. The molecular weight excluding hydrogens is 345 g/mol. The Kier molecular flexibility index (Phi) is 3.68. The Morgan fingerprint density at radius 2 is 2.04 bits per heavy atom. The molecule has 8 heteroatoms. The minimum Gasteiger partial charge on any atom is -0.328 e. The number of allylic oxidation sites excluding steroid dienone is 2. The fraction of sp³-hybridized carbons (Fsp3) is 0.389. The summed E-state index contributed by atoms with van der Waals surface area (Å²) in [5.41, 5.74) is 2.81. The van der Waals surface area contributed by atoms with Crippen LogP contribution in [-0.2, 0) is 11.0 Å². The molecule has 136 valence electrons. The van der Waals surface area contributed by atoms with E-state index in [0.717, 1.165) is 11.1 Å². The maximum Gasteiger partial charge on any atom is 0.453 e. The molecule has 0 bridgehead atoms. The predicted molar refractivity (Wildman–Crippen MR) is 88.4 cm³/mol. The second-order valence-corrected chi connectivity index (χ2v) is 6.97. The van der Waals surface area contributed by atoms with E-state index in [1.807, 2.05) is 32.0 Å². The number of aryl methyl sites for hydroxylation is 1. The van der Waals surface area contributed by atoms with Crippen LogP contribution in [0, 0.1) is 12.8 Å². The van der Waals surface area contributed by atoms with Crippen LogP contribution in [0.25, 0.3) is 0 Å². The lowest BCUT2D eigenvalue weighted by molar-refractivity contribution is -0.145. The van der Waals surface area contributed by atoms with Crippen molar-refractivity contribution in [2.75, 3.05) is 5.32 Å². The van der Waals surface area contributed by atoms with Crippen LogP contribution >= 0.6 is 0 Å². The summed E-state index contributed by atoms with van der Waals surface area (Å²) in [6.45, 7) is 3.85. The number of benzene rings is 1. The fourth-order valence-electron chi connectivity index (χ4n) is 3.68. The number of halogens is 3. The summed E-state index contributed by atoms with van der Waals surface area (Å²) in [6.07, 6.45) is -3.68.